The van der Waals surface area contributed by atoms with E-state index in [1.807, 2.05) is 24.7 Å². The molecule has 2 aromatic heterocycles. The van der Waals surface area contributed by atoms with Crippen LogP contribution in [0.25, 0.3) is 5.69 Å². The van der Waals surface area contributed by atoms with Crippen molar-refractivity contribution < 1.29 is 4.74 Å². The van der Waals surface area contributed by atoms with Gasteiger partial charge in [-0.05, 0) is 37.5 Å². The SMILES string of the molecule is Cc1nccn1-c1ccc(C2C(C#N)=C(N)Oc3c2c(C2CCCCC2)nn3C)cc1. The number of fused-ring (bicyclic) bond motifs is 1. The van der Waals surface area contributed by atoms with Crippen molar-refractivity contribution in [3.05, 3.63) is 70.8 Å². The van der Waals surface area contributed by atoms with Crippen molar-refractivity contribution >= 4 is 0 Å². The average molecular weight is 415 g/mol. The highest BCUT2D eigenvalue weighted by Gasteiger charge is 2.38. The summed E-state index contributed by atoms with van der Waals surface area (Å²) in [5.41, 5.74) is 10.7. The maximum Gasteiger partial charge on any atom is 0.224 e. The lowest BCUT2D eigenvalue weighted by atomic mass is 9.78. The minimum absolute atomic E-state index is 0.160. The molecule has 7 nitrogen and oxygen atoms in total. The molecular formula is C24H26N6O. The maximum atomic E-state index is 9.96. The van der Waals surface area contributed by atoms with Gasteiger partial charge < -0.3 is 15.0 Å². The van der Waals surface area contributed by atoms with Gasteiger partial charge in [0.25, 0.3) is 0 Å². The molecule has 2 aliphatic rings. The van der Waals surface area contributed by atoms with Crippen molar-refractivity contribution in [2.45, 2.75) is 50.9 Å². The predicted molar refractivity (Wildman–Crippen MR) is 117 cm³/mol. The zero-order valence-electron chi connectivity index (χ0n) is 17.9. The van der Waals surface area contributed by atoms with Gasteiger partial charge in [-0.1, -0.05) is 31.4 Å². The Morgan fingerprint density at radius 1 is 1.16 bits per heavy atom. The number of hydrogen-bond acceptors (Lipinski definition) is 5. The molecule has 1 unspecified atom stereocenters. The molecule has 0 saturated heterocycles. The Kier molecular flexibility index (Phi) is 4.78. The van der Waals surface area contributed by atoms with Crippen LogP contribution in [0.2, 0.25) is 0 Å². The van der Waals surface area contributed by atoms with Crippen LogP contribution in [0.3, 0.4) is 0 Å². The third kappa shape index (κ3) is 3.19. The van der Waals surface area contributed by atoms with Crippen LogP contribution in [-0.4, -0.2) is 19.3 Å². The van der Waals surface area contributed by atoms with Crippen molar-refractivity contribution in [1.29, 1.82) is 5.26 Å². The third-order valence-electron chi connectivity index (χ3n) is 6.55. The number of imidazole rings is 1. The van der Waals surface area contributed by atoms with Gasteiger partial charge in [0.1, 0.15) is 17.5 Å². The molecule has 1 aliphatic carbocycles. The van der Waals surface area contributed by atoms with Gasteiger partial charge in [-0.3, -0.25) is 0 Å². The van der Waals surface area contributed by atoms with Gasteiger partial charge in [0.15, 0.2) is 0 Å². The number of allylic oxidation sites excluding steroid dienone is 1. The highest BCUT2D eigenvalue weighted by atomic mass is 16.5. The molecule has 0 radical (unpaired) electrons. The second-order valence-corrected chi connectivity index (χ2v) is 8.42. The van der Waals surface area contributed by atoms with Crippen molar-refractivity contribution in [2.75, 3.05) is 0 Å². The first-order valence-electron chi connectivity index (χ1n) is 10.8. The van der Waals surface area contributed by atoms with E-state index in [1.165, 1.54) is 19.3 Å². The van der Waals surface area contributed by atoms with Crippen LogP contribution in [0, 0.1) is 18.3 Å². The Hall–Kier alpha value is -3.53. The molecule has 7 heteroatoms. The molecule has 0 bridgehead atoms. The van der Waals surface area contributed by atoms with E-state index < -0.39 is 0 Å². The highest BCUT2D eigenvalue weighted by Crippen LogP contribution is 2.47. The van der Waals surface area contributed by atoms with Crippen molar-refractivity contribution in [1.82, 2.24) is 19.3 Å². The molecule has 1 aliphatic heterocycles. The molecule has 1 atom stereocenters. The fraction of sp³-hybridized carbons (Fsp3) is 0.375. The van der Waals surface area contributed by atoms with Crippen LogP contribution in [0.5, 0.6) is 5.88 Å². The van der Waals surface area contributed by atoms with Crippen LogP contribution in [0.4, 0.5) is 0 Å². The lowest BCUT2D eigenvalue weighted by Crippen LogP contribution is -2.22. The van der Waals surface area contributed by atoms with E-state index in [2.05, 4.69) is 35.3 Å². The number of benzene rings is 1. The summed E-state index contributed by atoms with van der Waals surface area (Å²) >= 11 is 0. The highest BCUT2D eigenvalue weighted by molar-refractivity contribution is 5.57. The number of aromatic nitrogens is 4. The Bertz CT molecular complexity index is 1190. The monoisotopic (exact) mass is 414 g/mol. The van der Waals surface area contributed by atoms with Gasteiger partial charge in [0, 0.05) is 31.0 Å². The number of nitrogens with two attached hydrogens (primary N) is 1. The molecule has 1 fully saturated rings. The second-order valence-electron chi connectivity index (χ2n) is 8.42. The van der Waals surface area contributed by atoms with Crippen LogP contribution in [0.15, 0.2) is 48.1 Å². The summed E-state index contributed by atoms with van der Waals surface area (Å²) in [6.07, 6.45) is 9.67. The predicted octanol–water partition coefficient (Wildman–Crippen LogP) is 4.18. The van der Waals surface area contributed by atoms with Crippen LogP contribution in [0.1, 0.15) is 66.6 Å². The van der Waals surface area contributed by atoms with E-state index in [1.54, 1.807) is 10.9 Å². The topological polar surface area (TPSA) is 94.7 Å². The van der Waals surface area contributed by atoms with Crippen molar-refractivity contribution in [3.63, 3.8) is 0 Å². The van der Waals surface area contributed by atoms with Gasteiger partial charge in [0.05, 0.1) is 17.2 Å². The van der Waals surface area contributed by atoms with E-state index in [-0.39, 0.29) is 11.8 Å². The lowest BCUT2D eigenvalue weighted by Gasteiger charge is -2.27. The summed E-state index contributed by atoms with van der Waals surface area (Å²) in [7, 11) is 1.89. The lowest BCUT2D eigenvalue weighted by molar-refractivity contribution is 0.358. The Balaban J connectivity index is 1.63. The van der Waals surface area contributed by atoms with Crippen LogP contribution >= 0.6 is 0 Å². The summed E-state index contributed by atoms with van der Waals surface area (Å²) in [5, 5.41) is 14.8. The average Bonchev–Trinajstić information content (AvgIpc) is 3.37. The molecule has 1 aromatic carbocycles. The summed E-state index contributed by atoms with van der Waals surface area (Å²) in [5.74, 6) is 1.85. The Morgan fingerprint density at radius 2 is 1.90 bits per heavy atom. The smallest absolute Gasteiger partial charge is 0.224 e. The first kappa shape index (κ1) is 19.4. The number of ether oxygens (including phenoxy) is 1. The molecule has 2 N–H and O–H groups in total. The van der Waals surface area contributed by atoms with Crippen LogP contribution in [-0.2, 0) is 7.05 Å². The number of hydrogen-bond donors (Lipinski definition) is 1. The van der Waals surface area contributed by atoms with Gasteiger partial charge >= 0.3 is 0 Å². The molecule has 3 aromatic rings. The number of rotatable bonds is 3. The minimum Gasteiger partial charge on any atom is -0.422 e. The number of nitriles is 1. The summed E-state index contributed by atoms with van der Waals surface area (Å²) in [4.78, 5) is 4.30. The van der Waals surface area contributed by atoms with E-state index in [4.69, 9.17) is 15.6 Å². The zero-order valence-corrected chi connectivity index (χ0v) is 17.9. The number of nitrogens with zero attached hydrogens (tertiary/aromatic N) is 5. The fourth-order valence-corrected chi connectivity index (χ4v) is 4.99. The van der Waals surface area contributed by atoms with E-state index in [9.17, 15) is 5.26 Å². The second kappa shape index (κ2) is 7.62. The molecule has 0 spiro atoms. The standard InChI is InChI=1S/C24H26N6O/c1-15-27-12-13-30(15)18-10-8-16(9-11-18)20-19(14-25)23(26)31-24-21(20)22(28-29(24)2)17-6-4-3-5-7-17/h8-13,17,20H,3-7,26H2,1-2H3. The van der Waals surface area contributed by atoms with E-state index in [0.717, 1.165) is 41.2 Å². The maximum absolute atomic E-state index is 9.96. The summed E-state index contributed by atoms with van der Waals surface area (Å²) in [6, 6.07) is 10.6. The minimum atomic E-state index is -0.280. The summed E-state index contributed by atoms with van der Waals surface area (Å²) in [6.45, 7) is 1.97. The van der Waals surface area contributed by atoms with Crippen LogP contribution < -0.4 is 10.5 Å². The zero-order chi connectivity index (χ0) is 21.5. The summed E-state index contributed by atoms with van der Waals surface area (Å²) < 4.78 is 9.72. The molecule has 31 heavy (non-hydrogen) atoms. The Morgan fingerprint density at radius 3 is 2.55 bits per heavy atom. The first-order valence-corrected chi connectivity index (χ1v) is 10.8. The van der Waals surface area contributed by atoms with Crippen molar-refractivity contribution in [3.8, 4) is 17.6 Å². The normalized spacial score (nSPS) is 19.1. The van der Waals surface area contributed by atoms with Gasteiger partial charge in [-0.2, -0.15) is 10.4 Å². The molecule has 5 rings (SSSR count). The molecule has 3 heterocycles. The Labute approximate surface area is 181 Å². The van der Waals surface area contributed by atoms with Crippen molar-refractivity contribution in [2.24, 2.45) is 12.8 Å². The molecular weight excluding hydrogens is 388 g/mol. The molecule has 158 valence electrons. The fourth-order valence-electron chi connectivity index (χ4n) is 4.99. The van der Waals surface area contributed by atoms with E-state index in [0.29, 0.717) is 17.4 Å². The van der Waals surface area contributed by atoms with E-state index >= 15 is 0 Å². The first-order chi connectivity index (χ1) is 15.1. The quantitative estimate of drug-likeness (QED) is 0.694. The number of aryl methyl sites for hydroxylation is 2. The van der Waals surface area contributed by atoms with Gasteiger partial charge in [-0.25, -0.2) is 9.67 Å². The third-order valence-corrected chi connectivity index (χ3v) is 6.55. The molecule has 1 saturated carbocycles. The largest absolute Gasteiger partial charge is 0.422 e. The van der Waals surface area contributed by atoms with Gasteiger partial charge in [0.2, 0.25) is 11.8 Å². The van der Waals surface area contributed by atoms with Gasteiger partial charge in [-0.15, -0.1) is 0 Å². The molecule has 0 amide bonds.